The van der Waals surface area contributed by atoms with Crippen LogP contribution in [0.15, 0.2) is 12.1 Å². The van der Waals surface area contributed by atoms with E-state index in [-0.39, 0.29) is 32.7 Å². The average molecular weight is 350 g/mol. The second-order valence-electron chi connectivity index (χ2n) is 5.87. The van der Waals surface area contributed by atoms with Crippen LogP contribution in [-0.2, 0) is 47.8 Å². The molecule has 1 spiro atoms. The minimum Gasteiger partial charge on any atom is -0.387 e. The Labute approximate surface area is 145 Å². The molecule has 1 aliphatic heterocycles. The summed E-state index contributed by atoms with van der Waals surface area (Å²) < 4.78 is 11.4. The Morgan fingerprint density at radius 3 is 2.00 bits per heavy atom. The Kier molecular flexibility index (Phi) is 5.08. The van der Waals surface area contributed by atoms with Crippen LogP contribution in [0, 0.1) is 19.9 Å². The average Bonchev–Trinajstić information content (AvgIpc) is 2.81. The Morgan fingerprint density at radius 1 is 1.00 bits per heavy atom. The third-order valence-electron chi connectivity index (χ3n) is 4.33. The molecule has 2 aliphatic rings. The van der Waals surface area contributed by atoms with Crippen molar-refractivity contribution in [3.05, 3.63) is 34.9 Å². The van der Waals surface area contributed by atoms with Crippen molar-refractivity contribution in [3.8, 4) is 0 Å². The molecule has 4 heteroatoms. The van der Waals surface area contributed by atoms with E-state index >= 15 is 0 Å². The summed E-state index contributed by atoms with van der Waals surface area (Å²) in [6, 6.07) is 7.34. The van der Waals surface area contributed by atoms with E-state index in [1.54, 1.807) is 0 Å². The van der Waals surface area contributed by atoms with Crippen LogP contribution in [0.25, 0.3) is 0 Å². The Hall–Kier alpha value is 0.204. The van der Waals surface area contributed by atoms with Crippen LogP contribution >= 0.6 is 0 Å². The molecule has 0 atom stereocenters. The van der Waals surface area contributed by atoms with Gasteiger partial charge in [0.2, 0.25) is 0 Å². The summed E-state index contributed by atoms with van der Waals surface area (Å²) in [6.45, 7) is 5.40. The molecule has 1 aromatic rings. The van der Waals surface area contributed by atoms with Crippen molar-refractivity contribution in [2.24, 2.45) is 0 Å². The predicted molar refractivity (Wildman–Crippen MR) is 71.8 cm³/mol. The number of rotatable bonds is 1. The van der Waals surface area contributed by atoms with E-state index in [0.29, 0.717) is 26.1 Å². The first-order valence-electron chi connectivity index (χ1n) is 7.03. The standard InChI is InChI=1S/C16H21O3.Y/c1-12-9-13(2)11-14(10-12)15(17)3-5-16(6-4-15)18-7-8-19-16;/h10-11,17H,3-8H2,1-2H3;/q-1;. The van der Waals surface area contributed by atoms with Gasteiger partial charge in [0.05, 0.1) is 18.8 Å². The molecule has 1 aliphatic carbocycles. The number of aryl methyl sites for hydroxylation is 2. The smallest absolute Gasteiger partial charge is 0.168 e. The first-order chi connectivity index (χ1) is 9.01. The molecule has 1 radical (unpaired) electrons. The number of aliphatic hydroxyl groups is 1. The summed E-state index contributed by atoms with van der Waals surface area (Å²) in [5, 5.41) is 10.9. The van der Waals surface area contributed by atoms with Gasteiger partial charge in [0.1, 0.15) is 0 Å². The summed E-state index contributed by atoms with van der Waals surface area (Å²) in [7, 11) is 0. The zero-order valence-electron chi connectivity index (χ0n) is 12.2. The third-order valence-corrected chi connectivity index (χ3v) is 4.33. The van der Waals surface area contributed by atoms with Gasteiger partial charge in [-0.3, -0.25) is 0 Å². The first-order valence-corrected chi connectivity index (χ1v) is 7.03. The Morgan fingerprint density at radius 2 is 1.50 bits per heavy atom. The molecule has 0 amide bonds. The molecule has 0 aromatic heterocycles. The SMILES string of the molecule is Cc1[c-]c(C)cc(C2(O)CCC3(CC2)OCCO3)c1.[Y]. The van der Waals surface area contributed by atoms with E-state index in [2.05, 4.69) is 6.07 Å². The molecule has 107 valence electrons. The number of hydrogen-bond donors (Lipinski definition) is 1. The zero-order chi connectivity index (χ0) is 13.5. The topological polar surface area (TPSA) is 38.7 Å². The summed E-state index contributed by atoms with van der Waals surface area (Å²) in [5.41, 5.74) is 2.42. The molecule has 1 saturated carbocycles. The maximum Gasteiger partial charge on any atom is 0.168 e. The van der Waals surface area contributed by atoms with Gasteiger partial charge in [-0.25, -0.2) is 0 Å². The van der Waals surface area contributed by atoms with Gasteiger partial charge >= 0.3 is 0 Å². The number of hydrogen-bond acceptors (Lipinski definition) is 3. The Bertz CT molecular complexity index is 450. The molecule has 1 N–H and O–H groups in total. The van der Waals surface area contributed by atoms with Crippen LogP contribution in [-0.4, -0.2) is 24.1 Å². The second-order valence-corrected chi connectivity index (χ2v) is 5.87. The number of ether oxygens (including phenoxy) is 2. The zero-order valence-corrected chi connectivity index (χ0v) is 15.1. The van der Waals surface area contributed by atoms with Crippen LogP contribution in [0.1, 0.15) is 42.4 Å². The summed E-state index contributed by atoms with van der Waals surface area (Å²) in [4.78, 5) is 0. The Balaban J connectivity index is 0.00000147. The van der Waals surface area contributed by atoms with Gasteiger partial charge in [-0.2, -0.15) is 29.3 Å². The number of benzene rings is 1. The maximum atomic E-state index is 10.9. The van der Waals surface area contributed by atoms with Crippen LogP contribution < -0.4 is 0 Å². The third kappa shape index (κ3) is 3.17. The summed E-state index contributed by atoms with van der Waals surface area (Å²) in [5.74, 6) is -0.419. The van der Waals surface area contributed by atoms with Crippen LogP contribution in [0.5, 0.6) is 0 Å². The molecule has 0 unspecified atom stereocenters. The maximum absolute atomic E-state index is 10.9. The monoisotopic (exact) mass is 350 g/mol. The molecule has 1 heterocycles. The van der Waals surface area contributed by atoms with Gasteiger partial charge in [-0.1, -0.05) is 13.8 Å². The van der Waals surface area contributed by atoms with Crippen LogP contribution in [0.4, 0.5) is 0 Å². The van der Waals surface area contributed by atoms with Crippen LogP contribution in [0.2, 0.25) is 0 Å². The van der Waals surface area contributed by atoms with Crippen molar-refractivity contribution >= 4 is 0 Å². The van der Waals surface area contributed by atoms with E-state index in [4.69, 9.17) is 9.47 Å². The second kappa shape index (κ2) is 6.14. The summed E-state index contributed by atoms with van der Waals surface area (Å²) >= 11 is 0. The fourth-order valence-corrected chi connectivity index (χ4v) is 3.28. The molecule has 20 heavy (non-hydrogen) atoms. The molecule has 2 fully saturated rings. The van der Waals surface area contributed by atoms with Crippen molar-refractivity contribution in [1.29, 1.82) is 0 Å². The minimum absolute atomic E-state index is 0. The van der Waals surface area contributed by atoms with Gasteiger partial charge in [0, 0.05) is 45.6 Å². The van der Waals surface area contributed by atoms with Crippen molar-refractivity contribution < 1.29 is 47.3 Å². The largest absolute Gasteiger partial charge is 0.387 e. The van der Waals surface area contributed by atoms with Crippen LogP contribution in [0.3, 0.4) is 0 Å². The van der Waals surface area contributed by atoms with Crippen molar-refractivity contribution in [3.63, 3.8) is 0 Å². The van der Waals surface area contributed by atoms with E-state index in [0.717, 1.165) is 29.5 Å². The first kappa shape index (κ1) is 16.6. The molecular weight excluding hydrogens is 329 g/mol. The van der Waals surface area contributed by atoms with Crippen molar-refractivity contribution in [2.45, 2.75) is 50.9 Å². The van der Waals surface area contributed by atoms with Crippen molar-refractivity contribution in [2.75, 3.05) is 13.2 Å². The van der Waals surface area contributed by atoms with Gasteiger partial charge in [0.25, 0.3) is 0 Å². The quantitative estimate of drug-likeness (QED) is 0.792. The molecular formula is C16H21O3Y-. The fourth-order valence-electron chi connectivity index (χ4n) is 3.28. The van der Waals surface area contributed by atoms with Crippen molar-refractivity contribution in [1.82, 2.24) is 0 Å². The minimum atomic E-state index is -0.745. The van der Waals surface area contributed by atoms with E-state index in [9.17, 15) is 5.11 Å². The van der Waals surface area contributed by atoms with Gasteiger partial charge in [-0.05, 0) is 12.8 Å². The predicted octanol–water partition coefficient (Wildman–Crippen LogP) is 2.61. The normalized spacial score (nSPS) is 23.6. The molecule has 3 nitrogen and oxygen atoms in total. The molecule has 0 bridgehead atoms. The molecule has 3 rings (SSSR count). The van der Waals surface area contributed by atoms with E-state index < -0.39 is 11.4 Å². The fraction of sp³-hybridized carbons (Fsp3) is 0.625. The van der Waals surface area contributed by atoms with E-state index in [1.165, 1.54) is 0 Å². The van der Waals surface area contributed by atoms with E-state index in [1.807, 2.05) is 26.0 Å². The van der Waals surface area contributed by atoms with Gasteiger partial charge in [-0.15, -0.1) is 5.56 Å². The van der Waals surface area contributed by atoms with Gasteiger partial charge in [0.15, 0.2) is 5.79 Å². The molecule has 1 aromatic carbocycles. The van der Waals surface area contributed by atoms with Gasteiger partial charge < -0.3 is 14.6 Å². The molecule has 1 saturated heterocycles. The summed E-state index contributed by atoms with van der Waals surface area (Å²) in [6.07, 6.45) is 2.91.